The third-order valence-corrected chi connectivity index (χ3v) is 7.04. The maximum Gasteiger partial charge on any atom is 0.407 e. The van der Waals surface area contributed by atoms with Crippen LogP contribution in [-0.2, 0) is 16.4 Å². The van der Waals surface area contributed by atoms with E-state index in [0.29, 0.717) is 5.69 Å². The first-order valence-electron chi connectivity index (χ1n) is 10.7. The lowest BCUT2D eigenvalue weighted by Crippen LogP contribution is -2.53. The Balaban J connectivity index is 2.39. The predicted molar refractivity (Wildman–Crippen MR) is 126 cm³/mol. The minimum Gasteiger partial charge on any atom is -0.465 e. The van der Waals surface area contributed by atoms with Crippen molar-refractivity contribution < 1.29 is 28.5 Å². The number of nitrogen functional groups attached to an aromatic ring is 1. The molecule has 0 aromatic heterocycles. The molecule has 9 nitrogen and oxygen atoms in total. The fourth-order valence-electron chi connectivity index (χ4n) is 3.62. The van der Waals surface area contributed by atoms with Crippen LogP contribution in [0.3, 0.4) is 0 Å². The van der Waals surface area contributed by atoms with Crippen LogP contribution < -0.4 is 5.73 Å². The molecule has 33 heavy (non-hydrogen) atoms. The van der Waals surface area contributed by atoms with E-state index >= 15 is 0 Å². The van der Waals surface area contributed by atoms with E-state index in [1.54, 1.807) is 24.3 Å². The number of nitrogens with two attached hydrogens (primary N) is 1. The monoisotopic (exact) mass is 479 g/mol. The number of sulfonamides is 1. The Morgan fingerprint density at radius 2 is 1.64 bits per heavy atom. The quantitative estimate of drug-likeness (QED) is 0.340. The van der Waals surface area contributed by atoms with E-state index in [4.69, 9.17) is 5.73 Å². The summed E-state index contributed by atoms with van der Waals surface area (Å²) in [5.41, 5.74) is 6.89. The average Bonchev–Trinajstić information content (AvgIpc) is 2.76. The minimum absolute atomic E-state index is 0.0367. The van der Waals surface area contributed by atoms with Crippen LogP contribution in [0.1, 0.15) is 19.4 Å². The lowest BCUT2D eigenvalue weighted by Gasteiger charge is -2.35. The van der Waals surface area contributed by atoms with Gasteiger partial charge in [0.15, 0.2) is 0 Å². The first-order valence-corrected chi connectivity index (χ1v) is 12.2. The van der Waals surface area contributed by atoms with Gasteiger partial charge in [0.1, 0.15) is 0 Å². The molecule has 2 rings (SSSR count). The molecule has 0 aliphatic rings. The summed E-state index contributed by atoms with van der Waals surface area (Å²) in [6, 6.07) is 13.8. The van der Waals surface area contributed by atoms with Gasteiger partial charge in [-0.1, -0.05) is 44.2 Å². The van der Waals surface area contributed by atoms with Crippen molar-refractivity contribution >= 4 is 21.8 Å². The van der Waals surface area contributed by atoms with Gasteiger partial charge in [0.05, 0.1) is 23.6 Å². The molecular formula is C23H33N3O6S. The van der Waals surface area contributed by atoms with Gasteiger partial charge in [-0.25, -0.2) is 13.2 Å². The van der Waals surface area contributed by atoms with Crippen LogP contribution in [0, 0.1) is 5.92 Å². The molecule has 0 spiro atoms. The minimum atomic E-state index is -3.97. The molecule has 182 valence electrons. The van der Waals surface area contributed by atoms with Crippen molar-refractivity contribution in [1.29, 1.82) is 0 Å². The van der Waals surface area contributed by atoms with Crippen molar-refractivity contribution in [1.82, 2.24) is 9.21 Å². The molecule has 0 fully saturated rings. The molecule has 2 aromatic carbocycles. The van der Waals surface area contributed by atoms with Crippen molar-refractivity contribution in [3.8, 4) is 0 Å². The van der Waals surface area contributed by atoms with Gasteiger partial charge in [-0.2, -0.15) is 4.31 Å². The van der Waals surface area contributed by atoms with Gasteiger partial charge in [-0.15, -0.1) is 0 Å². The standard InChI is InChI=1S/C23H33N3O6S/c1-17(2)15-25(33(31,32)20-10-8-19(24)9-11-20)16-22(28)21(26(12-13-27)23(29)30)14-18-6-4-3-5-7-18/h3-11,17,21-22,27-28H,12-16,24H2,1-2H3,(H,29,30). The number of aliphatic hydroxyl groups is 2. The van der Waals surface area contributed by atoms with E-state index in [0.717, 1.165) is 10.5 Å². The highest BCUT2D eigenvalue weighted by atomic mass is 32.2. The van der Waals surface area contributed by atoms with E-state index < -0.39 is 34.9 Å². The maximum absolute atomic E-state index is 13.3. The summed E-state index contributed by atoms with van der Waals surface area (Å²) in [6.07, 6.45) is -2.48. The van der Waals surface area contributed by atoms with E-state index in [1.165, 1.54) is 28.6 Å². The molecular weight excluding hydrogens is 446 g/mol. The normalized spacial score (nSPS) is 13.8. The molecule has 0 saturated carbocycles. The van der Waals surface area contributed by atoms with Crippen LogP contribution >= 0.6 is 0 Å². The Kier molecular flexibility index (Phi) is 9.66. The molecule has 2 unspecified atom stereocenters. The van der Waals surface area contributed by atoms with Gasteiger partial charge in [-0.3, -0.25) is 0 Å². The molecule has 0 bridgehead atoms. The molecule has 0 aliphatic heterocycles. The van der Waals surface area contributed by atoms with Crippen LogP contribution in [-0.4, -0.2) is 77.4 Å². The Labute approximate surface area is 195 Å². The summed E-state index contributed by atoms with van der Waals surface area (Å²) >= 11 is 0. The molecule has 0 aliphatic carbocycles. The first-order chi connectivity index (χ1) is 15.6. The van der Waals surface area contributed by atoms with E-state index in [1.807, 2.05) is 19.9 Å². The molecule has 1 amide bonds. The van der Waals surface area contributed by atoms with Gasteiger partial charge in [-0.05, 0) is 42.2 Å². The zero-order valence-electron chi connectivity index (χ0n) is 18.9. The summed E-state index contributed by atoms with van der Waals surface area (Å²) in [5, 5.41) is 30.2. The second-order valence-electron chi connectivity index (χ2n) is 8.31. The zero-order chi connectivity index (χ0) is 24.6. The maximum atomic E-state index is 13.3. The summed E-state index contributed by atoms with van der Waals surface area (Å²) in [4.78, 5) is 12.9. The number of hydrogen-bond acceptors (Lipinski definition) is 6. The third kappa shape index (κ3) is 7.43. The number of benzene rings is 2. The summed E-state index contributed by atoms with van der Waals surface area (Å²) in [7, 11) is -3.97. The Bertz CT molecular complexity index is 983. The predicted octanol–water partition coefficient (Wildman–Crippen LogP) is 1.86. The van der Waals surface area contributed by atoms with Gasteiger partial charge < -0.3 is 26.0 Å². The number of amides is 1. The van der Waals surface area contributed by atoms with Crippen molar-refractivity contribution in [2.24, 2.45) is 5.92 Å². The number of aliphatic hydroxyl groups excluding tert-OH is 2. The lowest BCUT2D eigenvalue weighted by atomic mass is 9.99. The van der Waals surface area contributed by atoms with Gasteiger partial charge in [0.25, 0.3) is 0 Å². The molecule has 2 aromatic rings. The van der Waals surface area contributed by atoms with Crippen molar-refractivity contribution in [2.75, 3.05) is 32.0 Å². The highest BCUT2D eigenvalue weighted by Gasteiger charge is 2.34. The number of anilines is 1. The number of carbonyl (C=O) groups is 1. The molecule has 0 saturated heterocycles. The molecule has 2 atom stereocenters. The fraction of sp³-hybridized carbons (Fsp3) is 0.435. The number of hydrogen-bond donors (Lipinski definition) is 4. The zero-order valence-corrected chi connectivity index (χ0v) is 19.7. The van der Waals surface area contributed by atoms with E-state index in [-0.39, 0.29) is 36.9 Å². The topological polar surface area (TPSA) is 144 Å². The van der Waals surface area contributed by atoms with Crippen LogP contribution in [0.5, 0.6) is 0 Å². The molecule has 5 N–H and O–H groups in total. The Morgan fingerprint density at radius 1 is 1.03 bits per heavy atom. The summed E-state index contributed by atoms with van der Waals surface area (Å²) in [5.74, 6) is -0.0404. The molecule has 0 heterocycles. The summed E-state index contributed by atoms with van der Waals surface area (Å²) in [6.45, 7) is 2.90. The van der Waals surface area contributed by atoms with Gasteiger partial charge >= 0.3 is 6.09 Å². The van der Waals surface area contributed by atoms with Crippen molar-refractivity contribution in [3.63, 3.8) is 0 Å². The Hall–Kier alpha value is -2.66. The van der Waals surface area contributed by atoms with E-state index in [2.05, 4.69) is 0 Å². The molecule has 10 heteroatoms. The van der Waals surface area contributed by atoms with Crippen LogP contribution in [0.4, 0.5) is 10.5 Å². The van der Waals surface area contributed by atoms with Crippen LogP contribution in [0.2, 0.25) is 0 Å². The Morgan fingerprint density at radius 3 is 2.15 bits per heavy atom. The number of carboxylic acid groups (broad SMARTS) is 1. The van der Waals surface area contributed by atoms with Crippen LogP contribution in [0.15, 0.2) is 59.5 Å². The highest BCUT2D eigenvalue weighted by Crippen LogP contribution is 2.21. The van der Waals surface area contributed by atoms with Crippen molar-refractivity contribution in [3.05, 3.63) is 60.2 Å². The largest absolute Gasteiger partial charge is 0.465 e. The number of nitrogens with zero attached hydrogens (tertiary/aromatic N) is 2. The summed E-state index contributed by atoms with van der Waals surface area (Å²) < 4.78 is 27.8. The highest BCUT2D eigenvalue weighted by molar-refractivity contribution is 7.89. The SMILES string of the molecule is CC(C)CN(CC(O)C(Cc1ccccc1)N(CCO)C(=O)O)S(=O)(=O)c1ccc(N)cc1. The van der Waals surface area contributed by atoms with Crippen molar-refractivity contribution in [2.45, 2.75) is 37.3 Å². The third-order valence-electron chi connectivity index (χ3n) is 5.20. The lowest BCUT2D eigenvalue weighted by molar-refractivity contribution is 0.0305. The fourth-order valence-corrected chi connectivity index (χ4v) is 5.24. The smallest absolute Gasteiger partial charge is 0.407 e. The van der Waals surface area contributed by atoms with Gasteiger partial charge in [0.2, 0.25) is 10.0 Å². The van der Waals surface area contributed by atoms with Crippen LogP contribution in [0.25, 0.3) is 0 Å². The second-order valence-corrected chi connectivity index (χ2v) is 10.2. The van der Waals surface area contributed by atoms with E-state index in [9.17, 15) is 28.5 Å². The first kappa shape index (κ1) is 26.6. The number of rotatable bonds is 12. The second kappa shape index (κ2) is 12.0. The van der Waals surface area contributed by atoms with Gasteiger partial charge in [0, 0.05) is 25.3 Å². The average molecular weight is 480 g/mol. The molecule has 0 radical (unpaired) electrons.